The van der Waals surface area contributed by atoms with Crippen molar-refractivity contribution in [2.45, 2.75) is 39.7 Å². The van der Waals surface area contributed by atoms with Gasteiger partial charge in [-0.2, -0.15) is 0 Å². The van der Waals surface area contributed by atoms with Gasteiger partial charge in [-0.05, 0) is 44.3 Å². The lowest BCUT2D eigenvalue weighted by molar-refractivity contribution is 0.126. The van der Waals surface area contributed by atoms with Gasteiger partial charge in [0.1, 0.15) is 0 Å². The zero-order valence-corrected chi connectivity index (χ0v) is 12.3. The summed E-state index contributed by atoms with van der Waals surface area (Å²) in [6.07, 6.45) is 2.77. The summed E-state index contributed by atoms with van der Waals surface area (Å²) in [6.45, 7) is 13.6. The molecular weight excluding hydrogens is 224 g/mol. The third-order valence-corrected chi connectivity index (χ3v) is 4.73. The molecule has 0 aromatic rings. The standard InChI is InChI=1S/C15H30N2O/c1-4-16-15-11-18-10-14(15)9-17-7-5-13(6-8-17)12(2)3/h12-16H,4-11H2,1-3H3. The SMILES string of the molecule is CCNC1COCC1CN1CCC(C(C)C)CC1. The Morgan fingerprint density at radius 1 is 1.22 bits per heavy atom. The van der Waals surface area contributed by atoms with Crippen LogP contribution >= 0.6 is 0 Å². The quantitative estimate of drug-likeness (QED) is 0.812. The van der Waals surface area contributed by atoms with E-state index in [2.05, 4.69) is 31.0 Å². The third kappa shape index (κ3) is 3.69. The molecule has 2 heterocycles. The molecule has 0 aromatic heterocycles. The first-order valence-electron chi connectivity index (χ1n) is 7.74. The van der Waals surface area contributed by atoms with E-state index in [1.165, 1.54) is 32.5 Å². The number of nitrogens with one attached hydrogen (secondary N) is 1. The second-order valence-corrected chi connectivity index (χ2v) is 6.34. The van der Waals surface area contributed by atoms with Gasteiger partial charge in [0.05, 0.1) is 13.2 Å². The molecule has 3 heteroatoms. The van der Waals surface area contributed by atoms with Gasteiger partial charge in [0.15, 0.2) is 0 Å². The van der Waals surface area contributed by atoms with Gasteiger partial charge in [-0.25, -0.2) is 0 Å². The van der Waals surface area contributed by atoms with Crippen molar-refractivity contribution < 1.29 is 4.74 Å². The van der Waals surface area contributed by atoms with Gasteiger partial charge in [0.25, 0.3) is 0 Å². The highest BCUT2D eigenvalue weighted by molar-refractivity contribution is 4.85. The molecule has 0 amide bonds. The molecule has 3 nitrogen and oxygen atoms in total. The van der Waals surface area contributed by atoms with Crippen LogP contribution in [0.1, 0.15) is 33.6 Å². The average molecular weight is 254 g/mol. The Kier molecular flexibility index (Phi) is 5.46. The summed E-state index contributed by atoms with van der Waals surface area (Å²) in [6, 6.07) is 0.581. The molecule has 1 N–H and O–H groups in total. The van der Waals surface area contributed by atoms with Crippen molar-refractivity contribution in [3.63, 3.8) is 0 Å². The number of hydrogen-bond acceptors (Lipinski definition) is 3. The number of nitrogens with zero attached hydrogens (tertiary/aromatic N) is 1. The molecule has 0 aromatic carbocycles. The van der Waals surface area contributed by atoms with E-state index in [1.54, 1.807) is 0 Å². The molecule has 0 aliphatic carbocycles. The van der Waals surface area contributed by atoms with Crippen molar-refractivity contribution in [2.75, 3.05) is 39.4 Å². The van der Waals surface area contributed by atoms with Crippen LogP contribution in [0.15, 0.2) is 0 Å². The van der Waals surface area contributed by atoms with Crippen LogP contribution in [0, 0.1) is 17.8 Å². The van der Waals surface area contributed by atoms with Crippen LogP contribution in [-0.2, 0) is 4.74 Å². The second kappa shape index (κ2) is 6.88. The summed E-state index contributed by atoms with van der Waals surface area (Å²) >= 11 is 0. The van der Waals surface area contributed by atoms with E-state index in [9.17, 15) is 0 Å². The number of piperidine rings is 1. The van der Waals surface area contributed by atoms with Crippen LogP contribution in [0.5, 0.6) is 0 Å². The van der Waals surface area contributed by atoms with E-state index < -0.39 is 0 Å². The second-order valence-electron chi connectivity index (χ2n) is 6.34. The molecule has 2 fully saturated rings. The van der Waals surface area contributed by atoms with Gasteiger partial charge in [0.2, 0.25) is 0 Å². The lowest BCUT2D eigenvalue weighted by Crippen LogP contribution is -2.44. The summed E-state index contributed by atoms with van der Waals surface area (Å²) in [5, 5.41) is 3.56. The predicted molar refractivity (Wildman–Crippen MR) is 75.8 cm³/mol. The van der Waals surface area contributed by atoms with Crippen molar-refractivity contribution in [2.24, 2.45) is 17.8 Å². The Balaban J connectivity index is 1.74. The smallest absolute Gasteiger partial charge is 0.0623 e. The van der Waals surface area contributed by atoms with Crippen LogP contribution in [-0.4, -0.2) is 50.3 Å². The molecule has 0 saturated carbocycles. The number of rotatable bonds is 5. The van der Waals surface area contributed by atoms with Crippen LogP contribution < -0.4 is 5.32 Å². The van der Waals surface area contributed by atoms with Crippen molar-refractivity contribution in [3.05, 3.63) is 0 Å². The predicted octanol–water partition coefficient (Wildman–Crippen LogP) is 1.98. The highest BCUT2D eigenvalue weighted by Gasteiger charge is 2.30. The van der Waals surface area contributed by atoms with E-state index in [0.29, 0.717) is 12.0 Å². The molecule has 18 heavy (non-hydrogen) atoms. The zero-order chi connectivity index (χ0) is 13.0. The van der Waals surface area contributed by atoms with Crippen molar-refractivity contribution in [3.8, 4) is 0 Å². The molecular formula is C15H30N2O. The average Bonchev–Trinajstić information content (AvgIpc) is 2.78. The molecule has 2 aliphatic rings. The lowest BCUT2D eigenvalue weighted by Gasteiger charge is -2.35. The lowest BCUT2D eigenvalue weighted by atomic mass is 9.86. The van der Waals surface area contributed by atoms with Gasteiger partial charge in [-0.3, -0.25) is 0 Å². The van der Waals surface area contributed by atoms with Crippen LogP contribution in [0.2, 0.25) is 0 Å². The molecule has 0 radical (unpaired) electrons. The maximum atomic E-state index is 5.63. The van der Waals surface area contributed by atoms with Gasteiger partial charge in [0, 0.05) is 18.5 Å². The number of hydrogen-bond donors (Lipinski definition) is 1. The van der Waals surface area contributed by atoms with Crippen LogP contribution in [0.25, 0.3) is 0 Å². The normalized spacial score (nSPS) is 31.3. The maximum absolute atomic E-state index is 5.63. The highest BCUT2D eigenvalue weighted by Crippen LogP contribution is 2.25. The summed E-state index contributed by atoms with van der Waals surface area (Å²) in [5.41, 5.74) is 0. The fraction of sp³-hybridized carbons (Fsp3) is 1.00. The topological polar surface area (TPSA) is 24.5 Å². The largest absolute Gasteiger partial charge is 0.379 e. The summed E-state index contributed by atoms with van der Waals surface area (Å²) in [7, 11) is 0. The minimum atomic E-state index is 0.581. The minimum absolute atomic E-state index is 0.581. The Bertz CT molecular complexity index is 237. The summed E-state index contributed by atoms with van der Waals surface area (Å²) in [4.78, 5) is 2.66. The van der Waals surface area contributed by atoms with Gasteiger partial charge >= 0.3 is 0 Å². The Morgan fingerprint density at radius 3 is 2.56 bits per heavy atom. The molecule has 0 bridgehead atoms. The maximum Gasteiger partial charge on any atom is 0.0623 e. The Labute approximate surface area is 112 Å². The molecule has 2 atom stereocenters. The van der Waals surface area contributed by atoms with Crippen molar-refractivity contribution in [1.29, 1.82) is 0 Å². The first kappa shape index (κ1) is 14.3. The first-order chi connectivity index (χ1) is 8.70. The highest BCUT2D eigenvalue weighted by atomic mass is 16.5. The Morgan fingerprint density at radius 2 is 1.94 bits per heavy atom. The van der Waals surface area contributed by atoms with E-state index in [4.69, 9.17) is 4.74 Å². The molecule has 2 unspecified atom stereocenters. The van der Waals surface area contributed by atoms with E-state index in [1.807, 2.05) is 0 Å². The van der Waals surface area contributed by atoms with Crippen molar-refractivity contribution >= 4 is 0 Å². The van der Waals surface area contributed by atoms with Gasteiger partial charge in [-0.15, -0.1) is 0 Å². The first-order valence-corrected chi connectivity index (χ1v) is 7.74. The van der Waals surface area contributed by atoms with Crippen molar-refractivity contribution in [1.82, 2.24) is 10.2 Å². The molecule has 106 valence electrons. The molecule has 0 spiro atoms. The fourth-order valence-corrected chi connectivity index (χ4v) is 3.40. The number of ether oxygens (including phenoxy) is 1. The fourth-order valence-electron chi connectivity index (χ4n) is 3.40. The van der Waals surface area contributed by atoms with Crippen LogP contribution in [0.3, 0.4) is 0 Å². The van der Waals surface area contributed by atoms with E-state index >= 15 is 0 Å². The molecule has 2 saturated heterocycles. The summed E-state index contributed by atoms with van der Waals surface area (Å²) < 4.78 is 5.63. The van der Waals surface area contributed by atoms with E-state index in [0.717, 1.165) is 31.6 Å². The third-order valence-electron chi connectivity index (χ3n) is 4.73. The molecule has 2 rings (SSSR count). The van der Waals surface area contributed by atoms with Gasteiger partial charge in [-0.1, -0.05) is 20.8 Å². The number of likely N-dealkylation sites (N-methyl/N-ethyl adjacent to an activating group) is 1. The van der Waals surface area contributed by atoms with E-state index in [-0.39, 0.29) is 0 Å². The minimum Gasteiger partial charge on any atom is -0.379 e. The van der Waals surface area contributed by atoms with Crippen LogP contribution in [0.4, 0.5) is 0 Å². The molecule has 2 aliphatic heterocycles. The Hall–Kier alpha value is -0.120. The summed E-state index contributed by atoms with van der Waals surface area (Å²) in [5.74, 6) is 2.50. The monoisotopic (exact) mass is 254 g/mol. The number of likely N-dealkylation sites (tertiary alicyclic amines) is 1. The zero-order valence-electron chi connectivity index (χ0n) is 12.3. The van der Waals surface area contributed by atoms with Gasteiger partial charge < -0.3 is 15.0 Å².